The number of thiophene rings is 4. The third-order valence-corrected chi connectivity index (χ3v) is 23.7. The standard InChI is InChI=1S/C84H46S4/c1-2-20-48(21-3-1)72-52-22-4-8-26-56(52)76(57-27-9-5-23-53(57)72)65-45-51-46-66(84-81(63-33-15-19-37-70(63)88-84)75(51)80-62-32-14-18-36-69(62)87-83(65)80)77-58-28-10-6-24-54(58)73(55-25-7-11-29-59(55)77)49-40-38-47(39-41-49)64-44-50-42-43-71-78(60-30-12-16-34-67(60)85-71)74(50)79-61-31-13-17-35-68(61)86-82(64)79/h1-46H. The Morgan fingerprint density at radius 2 is 0.477 bits per heavy atom. The van der Waals surface area contributed by atoms with Gasteiger partial charge in [-0.15, -0.1) is 45.3 Å². The van der Waals surface area contributed by atoms with Crippen molar-refractivity contribution >= 4 is 191 Å². The van der Waals surface area contributed by atoms with Crippen molar-refractivity contribution in [2.24, 2.45) is 0 Å². The fourth-order valence-electron chi connectivity index (χ4n) is 15.4. The van der Waals surface area contributed by atoms with E-state index in [1.54, 1.807) is 0 Å². The van der Waals surface area contributed by atoms with Gasteiger partial charge in [0.1, 0.15) is 0 Å². The first-order valence-corrected chi connectivity index (χ1v) is 33.4. The Kier molecular flexibility index (Phi) is 10.5. The average molecular weight is 1180 g/mol. The van der Waals surface area contributed by atoms with Crippen LogP contribution in [0.5, 0.6) is 0 Å². The molecule has 0 N–H and O–H groups in total. The number of rotatable bonds is 5. The Morgan fingerprint density at radius 3 is 0.909 bits per heavy atom. The molecule has 20 aromatic rings. The van der Waals surface area contributed by atoms with Crippen molar-refractivity contribution in [2.75, 3.05) is 0 Å². The first-order valence-electron chi connectivity index (χ1n) is 30.1. The molecule has 0 saturated heterocycles. The largest absolute Gasteiger partial charge is 0.135 e. The molecular weight excluding hydrogens is 1140 g/mol. The van der Waals surface area contributed by atoms with Crippen LogP contribution in [-0.4, -0.2) is 0 Å². The lowest BCUT2D eigenvalue weighted by molar-refractivity contribution is 1.65. The summed E-state index contributed by atoms with van der Waals surface area (Å²) in [5.74, 6) is 0. The fourth-order valence-corrected chi connectivity index (χ4v) is 20.2. The summed E-state index contributed by atoms with van der Waals surface area (Å²) in [4.78, 5) is 0. The van der Waals surface area contributed by atoms with E-state index in [0.717, 1.165) is 0 Å². The lowest BCUT2D eigenvalue weighted by atomic mass is 9.83. The van der Waals surface area contributed by atoms with E-state index in [1.165, 1.54) is 201 Å². The van der Waals surface area contributed by atoms with Gasteiger partial charge in [-0.1, -0.05) is 231 Å². The summed E-state index contributed by atoms with van der Waals surface area (Å²) in [5, 5.41) is 26.0. The predicted molar refractivity (Wildman–Crippen MR) is 390 cm³/mol. The summed E-state index contributed by atoms with van der Waals surface area (Å²) in [6, 6.07) is 106. The molecule has 0 spiro atoms. The zero-order valence-corrected chi connectivity index (χ0v) is 50.5. The number of hydrogen-bond donors (Lipinski definition) is 0. The monoisotopic (exact) mass is 1180 g/mol. The van der Waals surface area contributed by atoms with Crippen molar-refractivity contribution in [1.82, 2.24) is 0 Å². The molecule has 0 aliphatic rings. The van der Waals surface area contributed by atoms with Crippen LogP contribution < -0.4 is 0 Å². The lowest BCUT2D eigenvalue weighted by Crippen LogP contribution is -1.93. The van der Waals surface area contributed by atoms with Crippen LogP contribution >= 0.6 is 45.3 Å². The quantitative estimate of drug-likeness (QED) is 0.151. The molecule has 0 saturated carbocycles. The Labute approximate surface area is 521 Å². The average Bonchev–Trinajstić information content (AvgIpc) is 1.44. The van der Waals surface area contributed by atoms with E-state index in [2.05, 4.69) is 279 Å². The molecule has 0 radical (unpaired) electrons. The normalized spacial score (nSPS) is 12.3. The van der Waals surface area contributed by atoms with Gasteiger partial charge in [0.05, 0.1) is 0 Å². The molecular formula is C84H46S4. The molecule has 4 heterocycles. The predicted octanol–water partition coefficient (Wildman–Crippen LogP) is 26.4. The molecule has 406 valence electrons. The summed E-state index contributed by atoms with van der Waals surface area (Å²) in [6.07, 6.45) is 0. The molecule has 0 fully saturated rings. The zero-order valence-electron chi connectivity index (χ0n) is 47.2. The third kappa shape index (κ3) is 6.89. The molecule has 0 amide bonds. The maximum absolute atomic E-state index is 2.58. The van der Waals surface area contributed by atoms with E-state index in [0.29, 0.717) is 0 Å². The molecule has 20 rings (SSSR count). The Hall–Kier alpha value is -10.0. The maximum atomic E-state index is 2.58. The van der Waals surface area contributed by atoms with Crippen molar-refractivity contribution in [2.45, 2.75) is 0 Å². The summed E-state index contributed by atoms with van der Waals surface area (Å²) in [6.45, 7) is 0. The number of benzene rings is 16. The van der Waals surface area contributed by atoms with Crippen molar-refractivity contribution < 1.29 is 0 Å². The van der Waals surface area contributed by atoms with Crippen molar-refractivity contribution in [3.63, 3.8) is 0 Å². The summed E-state index contributed by atoms with van der Waals surface area (Å²) in [7, 11) is 0. The van der Waals surface area contributed by atoms with Crippen LogP contribution in [0.15, 0.2) is 279 Å². The SMILES string of the molecule is c1ccc(-c2c3ccccc3c(-c3cc4cc(-c5c6ccccc6c(-c6ccc(-c7cc8ccc9sc%10ccccc%10c9c8c8c7sc7ccccc78)cc6)c6ccccc56)c5sc6ccccc6c5c4c4c3sc3ccccc34)c3ccccc23)cc1. The van der Waals surface area contributed by atoms with Gasteiger partial charge in [-0.05, 0) is 141 Å². The summed E-state index contributed by atoms with van der Waals surface area (Å²) >= 11 is 7.71. The summed E-state index contributed by atoms with van der Waals surface area (Å²) in [5.41, 5.74) is 12.6. The molecule has 4 heteroatoms. The van der Waals surface area contributed by atoms with Gasteiger partial charge in [0.2, 0.25) is 0 Å². The second kappa shape index (κ2) is 18.7. The van der Waals surface area contributed by atoms with Crippen molar-refractivity contribution in [3.05, 3.63) is 279 Å². The lowest BCUT2D eigenvalue weighted by Gasteiger charge is -2.20. The highest BCUT2D eigenvalue weighted by atomic mass is 32.1. The van der Waals surface area contributed by atoms with Gasteiger partial charge in [-0.3, -0.25) is 0 Å². The van der Waals surface area contributed by atoms with E-state index < -0.39 is 0 Å². The smallest absolute Gasteiger partial charge is 0.0440 e. The van der Waals surface area contributed by atoms with Crippen LogP contribution in [0.1, 0.15) is 0 Å². The van der Waals surface area contributed by atoms with Gasteiger partial charge in [0.25, 0.3) is 0 Å². The van der Waals surface area contributed by atoms with Gasteiger partial charge >= 0.3 is 0 Å². The minimum Gasteiger partial charge on any atom is -0.135 e. The van der Waals surface area contributed by atoms with E-state index >= 15 is 0 Å². The van der Waals surface area contributed by atoms with Crippen LogP contribution in [-0.2, 0) is 0 Å². The zero-order chi connectivity index (χ0) is 57.3. The van der Waals surface area contributed by atoms with Crippen molar-refractivity contribution in [3.8, 4) is 55.6 Å². The second-order valence-electron chi connectivity index (χ2n) is 23.5. The topological polar surface area (TPSA) is 0 Å². The molecule has 4 aromatic heterocycles. The molecule has 0 bridgehead atoms. The van der Waals surface area contributed by atoms with E-state index in [1.807, 2.05) is 45.3 Å². The fraction of sp³-hybridized carbons (Fsp3) is 0. The molecule has 0 unspecified atom stereocenters. The van der Waals surface area contributed by atoms with Gasteiger partial charge in [0, 0.05) is 108 Å². The first kappa shape index (κ1) is 49.1. The van der Waals surface area contributed by atoms with E-state index in [4.69, 9.17) is 0 Å². The molecule has 0 nitrogen and oxygen atoms in total. The molecule has 0 aliphatic heterocycles. The minimum absolute atomic E-state index is 1.21. The summed E-state index contributed by atoms with van der Waals surface area (Å²) < 4.78 is 10.6. The van der Waals surface area contributed by atoms with E-state index in [-0.39, 0.29) is 0 Å². The van der Waals surface area contributed by atoms with Crippen LogP contribution in [0.3, 0.4) is 0 Å². The first-order chi connectivity index (χ1) is 43.7. The molecule has 88 heavy (non-hydrogen) atoms. The Balaban J connectivity index is 0.842. The molecule has 0 atom stereocenters. The highest BCUT2D eigenvalue weighted by Crippen LogP contribution is 2.56. The Bertz CT molecular complexity index is 6290. The molecule has 0 aliphatic carbocycles. The maximum Gasteiger partial charge on any atom is 0.0440 e. The van der Waals surface area contributed by atoms with Crippen molar-refractivity contribution in [1.29, 1.82) is 0 Å². The van der Waals surface area contributed by atoms with Gasteiger partial charge in [-0.2, -0.15) is 0 Å². The Morgan fingerprint density at radius 1 is 0.170 bits per heavy atom. The highest BCUT2D eigenvalue weighted by Gasteiger charge is 2.27. The van der Waals surface area contributed by atoms with Crippen LogP contribution in [0.25, 0.3) is 201 Å². The van der Waals surface area contributed by atoms with Crippen LogP contribution in [0.2, 0.25) is 0 Å². The molecule has 16 aromatic carbocycles. The van der Waals surface area contributed by atoms with Gasteiger partial charge < -0.3 is 0 Å². The number of fused-ring (bicyclic) bond motifs is 22. The van der Waals surface area contributed by atoms with Crippen LogP contribution in [0.4, 0.5) is 0 Å². The number of hydrogen-bond acceptors (Lipinski definition) is 4. The van der Waals surface area contributed by atoms with Crippen LogP contribution in [0, 0.1) is 0 Å². The van der Waals surface area contributed by atoms with Gasteiger partial charge in [-0.25, -0.2) is 0 Å². The minimum atomic E-state index is 1.21. The third-order valence-electron chi connectivity index (χ3n) is 19.0. The highest BCUT2D eigenvalue weighted by molar-refractivity contribution is 7.28. The second-order valence-corrected chi connectivity index (χ2v) is 27.8. The van der Waals surface area contributed by atoms with E-state index in [9.17, 15) is 0 Å². The van der Waals surface area contributed by atoms with Gasteiger partial charge in [0.15, 0.2) is 0 Å².